The molecule has 0 radical (unpaired) electrons. The molecule has 110 valence electrons. The molecule has 2 heterocycles. The monoisotopic (exact) mass is 305 g/mol. The van der Waals surface area contributed by atoms with Crippen molar-refractivity contribution in [2.45, 2.75) is 5.88 Å². The van der Waals surface area contributed by atoms with E-state index in [2.05, 4.69) is 14.8 Å². The summed E-state index contributed by atoms with van der Waals surface area (Å²) in [4.78, 5) is 9.08. The summed E-state index contributed by atoms with van der Waals surface area (Å²) in [5.41, 5.74) is 1.97. The number of anilines is 2. The summed E-state index contributed by atoms with van der Waals surface area (Å²) in [6.07, 6.45) is 0. The Morgan fingerprint density at radius 2 is 1.62 bits per heavy atom. The fraction of sp³-hybridized carbons (Fsp3) is 0.312. The number of piperazine rings is 1. The van der Waals surface area contributed by atoms with E-state index in [-0.39, 0.29) is 5.82 Å². The van der Waals surface area contributed by atoms with E-state index in [4.69, 9.17) is 11.6 Å². The van der Waals surface area contributed by atoms with Gasteiger partial charge in [0.2, 0.25) is 0 Å². The van der Waals surface area contributed by atoms with Crippen LogP contribution in [0.3, 0.4) is 0 Å². The van der Waals surface area contributed by atoms with Crippen molar-refractivity contribution in [3.05, 3.63) is 54.0 Å². The molecule has 1 aliphatic heterocycles. The van der Waals surface area contributed by atoms with E-state index in [1.807, 2.05) is 30.3 Å². The van der Waals surface area contributed by atoms with Gasteiger partial charge in [-0.2, -0.15) is 0 Å². The molecule has 1 saturated heterocycles. The first-order chi connectivity index (χ1) is 10.3. The Morgan fingerprint density at radius 3 is 2.29 bits per heavy atom. The van der Waals surface area contributed by atoms with Crippen LogP contribution in [0.4, 0.5) is 15.9 Å². The molecular weight excluding hydrogens is 289 g/mol. The van der Waals surface area contributed by atoms with Crippen LogP contribution in [0.25, 0.3) is 0 Å². The van der Waals surface area contributed by atoms with Crippen molar-refractivity contribution in [1.82, 2.24) is 4.98 Å². The number of nitrogens with zero attached hydrogens (tertiary/aromatic N) is 3. The lowest BCUT2D eigenvalue weighted by molar-refractivity contribution is 0.624. The largest absolute Gasteiger partial charge is 0.368 e. The van der Waals surface area contributed by atoms with Crippen molar-refractivity contribution in [2.75, 3.05) is 36.0 Å². The van der Waals surface area contributed by atoms with Crippen LogP contribution < -0.4 is 9.80 Å². The standard InChI is InChI=1S/C16H17ClFN3/c17-12-14-2-1-3-16(19-14)21-10-8-20(9-11-21)15-6-4-13(18)5-7-15/h1-7H,8-12H2. The lowest BCUT2D eigenvalue weighted by Gasteiger charge is -2.36. The first kappa shape index (κ1) is 14.1. The second-order valence-electron chi connectivity index (χ2n) is 5.07. The summed E-state index contributed by atoms with van der Waals surface area (Å²) in [6.45, 7) is 3.60. The topological polar surface area (TPSA) is 19.4 Å². The van der Waals surface area contributed by atoms with Gasteiger partial charge in [0.15, 0.2) is 0 Å². The van der Waals surface area contributed by atoms with Crippen LogP contribution in [0.1, 0.15) is 5.69 Å². The number of pyridine rings is 1. The van der Waals surface area contributed by atoms with Crippen LogP contribution in [0.2, 0.25) is 0 Å². The third-order valence-corrected chi connectivity index (χ3v) is 4.00. The average Bonchev–Trinajstić information content (AvgIpc) is 2.56. The first-order valence-corrected chi connectivity index (χ1v) is 7.57. The predicted molar refractivity (Wildman–Crippen MR) is 84.6 cm³/mol. The quantitative estimate of drug-likeness (QED) is 0.811. The number of benzene rings is 1. The highest BCUT2D eigenvalue weighted by molar-refractivity contribution is 6.16. The Labute approximate surface area is 129 Å². The van der Waals surface area contributed by atoms with Crippen LogP contribution in [0, 0.1) is 5.82 Å². The Kier molecular flexibility index (Phi) is 4.25. The summed E-state index contributed by atoms with van der Waals surface area (Å²) in [6, 6.07) is 12.6. The van der Waals surface area contributed by atoms with Gasteiger partial charge in [0.1, 0.15) is 11.6 Å². The molecule has 0 bridgehead atoms. The zero-order valence-corrected chi connectivity index (χ0v) is 12.4. The summed E-state index contributed by atoms with van der Waals surface area (Å²) in [7, 11) is 0. The Balaban J connectivity index is 1.65. The predicted octanol–water partition coefficient (Wildman–Crippen LogP) is 3.29. The minimum Gasteiger partial charge on any atom is -0.368 e. The van der Waals surface area contributed by atoms with Crippen LogP contribution in [0.5, 0.6) is 0 Å². The normalized spacial score (nSPS) is 15.3. The number of rotatable bonds is 3. The van der Waals surface area contributed by atoms with E-state index in [1.54, 1.807) is 0 Å². The first-order valence-electron chi connectivity index (χ1n) is 7.03. The average molecular weight is 306 g/mol. The maximum Gasteiger partial charge on any atom is 0.128 e. The van der Waals surface area contributed by atoms with Crippen molar-refractivity contribution in [1.29, 1.82) is 0 Å². The molecule has 0 aliphatic carbocycles. The molecule has 0 saturated carbocycles. The minimum absolute atomic E-state index is 0.195. The Bertz CT molecular complexity index is 595. The summed E-state index contributed by atoms with van der Waals surface area (Å²) in [5, 5.41) is 0. The van der Waals surface area contributed by atoms with Crippen LogP contribution in [0.15, 0.2) is 42.5 Å². The van der Waals surface area contributed by atoms with Crippen LogP contribution in [-0.4, -0.2) is 31.2 Å². The lowest BCUT2D eigenvalue weighted by Crippen LogP contribution is -2.46. The molecule has 2 aromatic rings. The smallest absolute Gasteiger partial charge is 0.128 e. The number of aromatic nitrogens is 1. The van der Waals surface area contributed by atoms with Gasteiger partial charge in [0, 0.05) is 31.9 Å². The van der Waals surface area contributed by atoms with E-state index < -0.39 is 0 Å². The van der Waals surface area contributed by atoms with Crippen molar-refractivity contribution in [3.63, 3.8) is 0 Å². The molecule has 0 spiro atoms. The molecule has 1 fully saturated rings. The number of hydrogen-bond acceptors (Lipinski definition) is 3. The third kappa shape index (κ3) is 3.27. The lowest BCUT2D eigenvalue weighted by atomic mass is 10.2. The zero-order valence-electron chi connectivity index (χ0n) is 11.7. The van der Waals surface area contributed by atoms with E-state index in [0.29, 0.717) is 5.88 Å². The second-order valence-corrected chi connectivity index (χ2v) is 5.34. The molecule has 0 N–H and O–H groups in total. The van der Waals surface area contributed by atoms with E-state index >= 15 is 0 Å². The Hall–Kier alpha value is -1.81. The summed E-state index contributed by atoms with van der Waals surface area (Å²) < 4.78 is 13.0. The van der Waals surface area contributed by atoms with E-state index in [1.165, 1.54) is 12.1 Å². The summed E-state index contributed by atoms with van der Waals surface area (Å²) in [5.74, 6) is 1.22. The highest BCUT2D eigenvalue weighted by Crippen LogP contribution is 2.20. The fourth-order valence-electron chi connectivity index (χ4n) is 2.56. The third-order valence-electron chi connectivity index (χ3n) is 3.72. The van der Waals surface area contributed by atoms with E-state index in [9.17, 15) is 4.39 Å². The zero-order chi connectivity index (χ0) is 14.7. The molecule has 21 heavy (non-hydrogen) atoms. The highest BCUT2D eigenvalue weighted by Gasteiger charge is 2.18. The van der Waals surface area contributed by atoms with Gasteiger partial charge in [0.05, 0.1) is 11.6 Å². The minimum atomic E-state index is -0.195. The van der Waals surface area contributed by atoms with E-state index in [0.717, 1.165) is 43.4 Å². The van der Waals surface area contributed by atoms with Gasteiger partial charge in [-0.05, 0) is 36.4 Å². The molecule has 0 amide bonds. The van der Waals surface area contributed by atoms with Crippen LogP contribution in [-0.2, 0) is 5.88 Å². The molecular formula is C16H17ClFN3. The van der Waals surface area contributed by atoms with Crippen molar-refractivity contribution >= 4 is 23.1 Å². The second kappa shape index (κ2) is 6.31. The fourth-order valence-corrected chi connectivity index (χ4v) is 2.71. The van der Waals surface area contributed by atoms with Gasteiger partial charge in [0.25, 0.3) is 0 Å². The van der Waals surface area contributed by atoms with Crippen LogP contribution >= 0.6 is 11.6 Å². The van der Waals surface area contributed by atoms with Gasteiger partial charge in [-0.1, -0.05) is 6.07 Å². The Morgan fingerprint density at radius 1 is 0.952 bits per heavy atom. The molecule has 3 nitrogen and oxygen atoms in total. The van der Waals surface area contributed by atoms with Crippen molar-refractivity contribution in [2.24, 2.45) is 0 Å². The van der Waals surface area contributed by atoms with Gasteiger partial charge in [-0.25, -0.2) is 9.37 Å². The molecule has 1 aromatic carbocycles. The SMILES string of the molecule is Fc1ccc(N2CCN(c3cccc(CCl)n3)CC2)cc1. The van der Waals surface area contributed by atoms with Crippen molar-refractivity contribution < 1.29 is 4.39 Å². The molecule has 5 heteroatoms. The molecule has 3 rings (SSSR count). The van der Waals surface area contributed by atoms with Gasteiger partial charge in [-0.3, -0.25) is 0 Å². The van der Waals surface area contributed by atoms with Gasteiger partial charge >= 0.3 is 0 Å². The maximum atomic E-state index is 13.0. The molecule has 0 atom stereocenters. The van der Waals surface area contributed by atoms with Gasteiger partial charge < -0.3 is 9.80 Å². The van der Waals surface area contributed by atoms with Gasteiger partial charge in [-0.15, -0.1) is 11.6 Å². The van der Waals surface area contributed by atoms with Crippen molar-refractivity contribution in [3.8, 4) is 0 Å². The summed E-state index contributed by atoms with van der Waals surface area (Å²) >= 11 is 5.83. The number of alkyl halides is 1. The molecule has 1 aromatic heterocycles. The highest BCUT2D eigenvalue weighted by atomic mass is 35.5. The number of halogens is 2. The maximum absolute atomic E-state index is 13.0. The number of hydrogen-bond donors (Lipinski definition) is 0. The molecule has 0 unspecified atom stereocenters. The molecule has 1 aliphatic rings.